The molecule has 272 valence electrons. The average molecular weight is 778 g/mol. The minimum absolute atomic E-state index is 0.00373. The SMILES string of the molecule is CC(C)(C)c1cc(-[n+]2cn(-c3cccc(Oc4ccc5c(c4)N(c4ccccn4)c4cccnc4[Se]5)c3)c3ccc(C(C)(C)C)cc32)cc(C(C)(C)C)c1. The van der Waals surface area contributed by atoms with E-state index in [4.69, 9.17) is 14.7 Å². The van der Waals surface area contributed by atoms with E-state index in [-0.39, 0.29) is 31.2 Å². The Bertz CT molecular complexity index is 2490. The van der Waals surface area contributed by atoms with E-state index in [1.807, 2.05) is 42.7 Å². The summed E-state index contributed by atoms with van der Waals surface area (Å²) in [5.41, 5.74) is 10.6. The number of fused-ring (bicyclic) bond motifs is 3. The average Bonchev–Trinajstić information content (AvgIpc) is 3.52. The van der Waals surface area contributed by atoms with Gasteiger partial charge in [-0.3, -0.25) is 0 Å². The first-order valence-corrected chi connectivity index (χ1v) is 20.3. The van der Waals surface area contributed by atoms with E-state index in [2.05, 4.69) is 162 Å². The van der Waals surface area contributed by atoms with Gasteiger partial charge in [0.05, 0.1) is 0 Å². The zero-order chi connectivity index (χ0) is 38.0. The smallest absolute Gasteiger partial charge is 0.0109 e. The maximum absolute atomic E-state index is 6.68. The molecule has 0 amide bonds. The molecule has 7 heteroatoms. The van der Waals surface area contributed by atoms with E-state index < -0.39 is 0 Å². The van der Waals surface area contributed by atoms with E-state index in [0.717, 1.165) is 44.5 Å². The van der Waals surface area contributed by atoms with Gasteiger partial charge in [-0.15, -0.1) is 0 Å². The first-order valence-electron chi connectivity index (χ1n) is 18.6. The first-order chi connectivity index (χ1) is 25.6. The molecule has 8 rings (SSSR count). The molecule has 0 unspecified atom stereocenters. The summed E-state index contributed by atoms with van der Waals surface area (Å²) in [6.45, 7) is 20.6. The zero-order valence-corrected chi connectivity index (χ0v) is 34.4. The number of benzene rings is 4. The summed E-state index contributed by atoms with van der Waals surface area (Å²) in [6.07, 6.45) is 5.94. The molecule has 0 saturated carbocycles. The number of hydrogen-bond donors (Lipinski definition) is 0. The van der Waals surface area contributed by atoms with Gasteiger partial charge in [-0.1, -0.05) is 68.4 Å². The third-order valence-electron chi connectivity index (χ3n) is 10.1. The molecule has 4 aromatic carbocycles. The second kappa shape index (κ2) is 13.3. The Morgan fingerprint density at radius 1 is 0.593 bits per heavy atom. The van der Waals surface area contributed by atoms with Gasteiger partial charge in [0.2, 0.25) is 0 Å². The topological polar surface area (TPSA) is 47.1 Å². The van der Waals surface area contributed by atoms with E-state index in [0.29, 0.717) is 0 Å². The minimum atomic E-state index is 0.00373. The van der Waals surface area contributed by atoms with E-state index in [1.165, 1.54) is 32.4 Å². The van der Waals surface area contributed by atoms with Crippen molar-refractivity contribution in [1.82, 2.24) is 14.5 Å². The Balaban J connectivity index is 1.22. The van der Waals surface area contributed by atoms with Gasteiger partial charge in [0.15, 0.2) is 0 Å². The Morgan fingerprint density at radius 2 is 1.31 bits per heavy atom. The molecule has 1 aliphatic rings. The molecule has 3 aromatic heterocycles. The summed E-state index contributed by atoms with van der Waals surface area (Å²) in [5.74, 6) is 2.39. The Hall–Kier alpha value is -5.23. The second-order valence-electron chi connectivity index (χ2n) is 17.3. The molecular weight excluding hydrogens is 730 g/mol. The van der Waals surface area contributed by atoms with Crippen LogP contribution in [0.25, 0.3) is 22.4 Å². The molecule has 0 spiro atoms. The van der Waals surface area contributed by atoms with Crippen LogP contribution in [0.4, 0.5) is 17.2 Å². The van der Waals surface area contributed by atoms with Gasteiger partial charge in [0.1, 0.15) is 0 Å². The van der Waals surface area contributed by atoms with Crippen LogP contribution in [0.1, 0.15) is 79.0 Å². The summed E-state index contributed by atoms with van der Waals surface area (Å²) >= 11 is 0.0629. The third-order valence-corrected chi connectivity index (χ3v) is 12.4. The molecule has 4 heterocycles. The predicted octanol–water partition coefficient (Wildman–Crippen LogP) is 9.82. The first kappa shape index (κ1) is 35.8. The van der Waals surface area contributed by atoms with Crippen molar-refractivity contribution in [2.24, 2.45) is 0 Å². The number of hydrogen-bond acceptors (Lipinski definition) is 4. The fourth-order valence-corrected chi connectivity index (χ4v) is 8.96. The van der Waals surface area contributed by atoms with E-state index >= 15 is 0 Å². The number of imidazole rings is 1. The van der Waals surface area contributed by atoms with Crippen LogP contribution in [0.3, 0.4) is 0 Å². The van der Waals surface area contributed by atoms with Crippen molar-refractivity contribution in [3.8, 4) is 22.9 Å². The molecule has 0 bridgehead atoms. The van der Waals surface area contributed by atoms with Crippen LogP contribution in [0.2, 0.25) is 0 Å². The van der Waals surface area contributed by atoms with Crippen LogP contribution in [-0.2, 0) is 16.2 Å². The van der Waals surface area contributed by atoms with Crippen molar-refractivity contribution in [1.29, 1.82) is 0 Å². The molecule has 0 aliphatic carbocycles. The van der Waals surface area contributed by atoms with Crippen molar-refractivity contribution in [3.63, 3.8) is 0 Å². The molecule has 0 saturated heterocycles. The summed E-state index contributed by atoms with van der Waals surface area (Å²) in [6, 6.07) is 38.9. The Morgan fingerprint density at radius 3 is 2.02 bits per heavy atom. The fraction of sp³-hybridized carbons (Fsp3) is 0.255. The van der Waals surface area contributed by atoms with Gasteiger partial charge in [-0.2, -0.15) is 0 Å². The second-order valence-corrected chi connectivity index (χ2v) is 19.4. The quantitative estimate of drug-likeness (QED) is 0.129. The van der Waals surface area contributed by atoms with Crippen LogP contribution in [-0.4, -0.2) is 29.5 Å². The summed E-state index contributed by atoms with van der Waals surface area (Å²) in [4.78, 5) is 11.7. The maximum atomic E-state index is 6.68. The van der Waals surface area contributed by atoms with Crippen molar-refractivity contribution in [3.05, 3.63) is 145 Å². The van der Waals surface area contributed by atoms with Gasteiger partial charge in [-0.05, 0) is 45.1 Å². The van der Waals surface area contributed by atoms with Gasteiger partial charge in [0.25, 0.3) is 0 Å². The van der Waals surface area contributed by atoms with Crippen molar-refractivity contribution < 1.29 is 9.30 Å². The van der Waals surface area contributed by atoms with Gasteiger partial charge in [0, 0.05) is 0 Å². The standard InChI is InChI=1S/C47H48N5OSe/c1-45(2,3)31-18-20-38-40(27-31)51(35-25-32(46(4,5)6)24-33(26-35)47(7,8)9)30-50(38)34-14-12-15-36(28-34)53-37-19-21-42-41(29-37)52(43-17-10-11-22-48-43)39-16-13-23-49-44(39)54-42/h10-30H,1-9H3/q+1. The minimum Gasteiger partial charge on any atom is -0.0561 e. The number of ether oxygens (including phenoxy) is 1. The maximum Gasteiger partial charge on any atom is -0.0109 e. The zero-order valence-electron chi connectivity index (χ0n) is 32.7. The third kappa shape index (κ3) is 6.83. The van der Waals surface area contributed by atoms with Gasteiger partial charge >= 0.3 is 214 Å². The molecular formula is C47H48N5OSe+. The van der Waals surface area contributed by atoms with Gasteiger partial charge in [-0.25, -0.2) is 0 Å². The largest absolute Gasteiger partial charge is 0.0561 e. The molecule has 6 nitrogen and oxygen atoms in total. The Kier molecular flexibility index (Phi) is 8.79. The molecule has 0 atom stereocenters. The monoisotopic (exact) mass is 778 g/mol. The summed E-state index contributed by atoms with van der Waals surface area (Å²) < 4.78 is 13.7. The molecule has 0 fully saturated rings. The number of aromatic nitrogens is 4. The number of anilines is 3. The fourth-order valence-electron chi connectivity index (χ4n) is 6.91. The number of pyridine rings is 2. The van der Waals surface area contributed by atoms with Crippen LogP contribution in [0.5, 0.6) is 11.5 Å². The Labute approximate surface area is 325 Å². The molecule has 54 heavy (non-hydrogen) atoms. The molecule has 0 N–H and O–H groups in total. The summed E-state index contributed by atoms with van der Waals surface area (Å²) in [5, 5.41) is 0. The van der Waals surface area contributed by atoms with Crippen LogP contribution < -0.4 is 23.3 Å². The number of rotatable bonds is 5. The van der Waals surface area contributed by atoms with Crippen LogP contribution >= 0.6 is 0 Å². The predicted molar refractivity (Wildman–Crippen MR) is 223 cm³/mol. The molecule has 0 radical (unpaired) electrons. The van der Waals surface area contributed by atoms with E-state index in [9.17, 15) is 0 Å². The summed E-state index contributed by atoms with van der Waals surface area (Å²) in [7, 11) is 0. The van der Waals surface area contributed by atoms with Crippen molar-refractivity contribution in [2.75, 3.05) is 4.90 Å². The van der Waals surface area contributed by atoms with E-state index in [1.54, 1.807) is 0 Å². The van der Waals surface area contributed by atoms with Crippen LogP contribution in [0, 0.1) is 0 Å². The van der Waals surface area contributed by atoms with Gasteiger partial charge < -0.3 is 0 Å². The van der Waals surface area contributed by atoms with Crippen molar-refractivity contribution >= 4 is 52.2 Å². The molecule has 1 aliphatic heterocycles. The number of nitrogens with zero attached hydrogens (tertiary/aromatic N) is 5. The molecule has 7 aromatic rings. The normalized spacial score (nSPS) is 13.2. The van der Waals surface area contributed by atoms with Crippen LogP contribution in [0.15, 0.2) is 128 Å². The van der Waals surface area contributed by atoms with Crippen molar-refractivity contribution in [2.45, 2.75) is 78.6 Å².